The van der Waals surface area contributed by atoms with Gasteiger partial charge in [0.15, 0.2) is 0 Å². The Labute approximate surface area is 105 Å². The summed E-state index contributed by atoms with van der Waals surface area (Å²) in [6, 6.07) is 14.6. The van der Waals surface area contributed by atoms with Gasteiger partial charge in [-0.05, 0) is 42.3 Å². The minimum atomic E-state index is -0.391. The van der Waals surface area contributed by atoms with Gasteiger partial charge in [0.25, 0.3) is 5.69 Å². The van der Waals surface area contributed by atoms with Crippen LogP contribution in [0.4, 0.5) is 11.4 Å². The summed E-state index contributed by atoms with van der Waals surface area (Å²) in [6.45, 7) is 2.93. The van der Waals surface area contributed by atoms with Crippen LogP contribution in [0, 0.1) is 10.1 Å². The van der Waals surface area contributed by atoms with Crippen LogP contribution in [-0.4, -0.2) is 11.5 Å². The number of nitro benzene ring substituents is 1. The van der Waals surface area contributed by atoms with Crippen LogP contribution in [0.5, 0.6) is 0 Å². The minimum Gasteiger partial charge on any atom is -0.385 e. The molecule has 0 unspecified atom stereocenters. The fourth-order valence-electron chi connectivity index (χ4n) is 1.76. The van der Waals surface area contributed by atoms with Crippen LogP contribution in [0.1, 0.15) is 6.92 Å². The number of hydrogen-bond acceptors (Lipinski definition) is 3. The van der Waals surface area contributed by atoms with E-state index in [2.05, 4.69) is 5.32 Å². The summed E-state index contributed by atoms with van der Waals surface area (Å²) in [5, 5.41) is 13.8. The number of nitrogens with one attached hydrogen (secondary N) is 1. The van der Waals surface area contributed by atoms with Crippen LogP contribution >= 0.6 is 0 Å². The van der Waals surface area contributed by atoms with Crippen molar-refractivity contribution in [3.63, 3.8) is 0 Å². The Kier molecular flexibility index (Phi) is 3.57. The van der Waals surface area contributed by atoms with Gasteiger partial charge in [0.2, 0.25) is 0 Å². The molecular formula is C14H14N2O2. The van der Waals surface area contributed by atoms with E-state index in [1.165, 1.54) is 12.1 Å². The molecule has 0 fully saturated rings. The van der Waals surface area contributed by atoms with Crippen molar-refractivity contribution in [2.75, 3.05) is 11.9 Å². The summed E-state index contributed by atoms with van der Waals surface area (Å²) < 4.78 is 0. The number of hydrogen-bond donors (Lipinski definition) is 1. The van der Waals surface area contributed by atoms with Gasteiger partial charge in [0.1, 0.15) is 0 Å². The molecule has 0 atom stereocenters. The molecule has 0 aliphatic rings. The highest BCUT2D eigenvalue weighted by Gasteiger charge is 2.04. The largest absolute Gasteiger partial charge is 0.385 e. The average molecular weight is 242 g/mol. The fraction of sp³-hybridized carbons (Fsp3) is 0.143. The summed E-state index contributed by atoms with van der Waals surface area (Å²) in [7, 11) is 0. The second kappa shape index (κ2) is 5.31. The lowest BCUT2D eigenvalue weighted by Gasteiger charge is -2.05. The summed E-state index contributed by atoms with van der Waals surface area (Å²) in [5.41, 5.74) is 3.21. The molecule has 2 rings (SSSR count). The summed E-state index contributed by atoms with van der Waals surface area (Å²) >= 11 is 0. The zero-order valence-electron chi connectivity index (χ0n) is 10.1. The number of non-ortho nitro benzene ring substituents is 1. The highest BCUT2D eigenvalue weighted by molar-refractivity contribution is 5.67. The maximum Gasteiger partial charge on any atom is 0.269 e. The molecule has 18 heavy (non-hydrogen) atoms. The second-order valence-corrected chi connectivity index (χ2v) is 3.91. The van der Waals surface area contributed by atoms with Gasteiger partial charge in [-0.2, -0.15) is 0 Å². The van der Waals surface area contributed by atoms with Gasteiger partial charge in [0, 0.05) is 24.4 Å². The third kappa shape index (κ3) is 2.66. The molecule has 0 spiro atoms. The zero-order valence-corrected chi connectivity index (χ0v) is 10.1. The predicted molar refractivity (Wildman–Crippen MR) is 72.7 cm³/mol. The molecule has 0 saturated heterocycles. The van der Waals surface area contributed by atoms with Crippen molar-refractivity contribution in [1.82, 2.24) is 0 Å². The van der Waals surface area contributed by atoms with E-state index in [0.717, 1.165) is 23.4 Å². The molecule has 0 saturated carbocycles. The Balaban J connectivity index is 2.23. The maximum absolute atomic E-state index is 10.6. The Morgan fingerprint density at radius 2 is 1.50 bits per heavy atom. The lowest BCUT2D eigenvalue weighted by atomic mass is 10.1. The van der Waals surface area contributed by atoms with Crippen LogP contribution in [0.15, 0.2) is 48.5 Å². The van der Waals surface area contributed by atoms with E-state index in [4.69, 9.17) is 0 Å². The number of benzene rings is 2. The van der Waals surface area contributed by atoms with E-state index in [1.807, 2.05) is 31.2 Å². The number of rotatable bonds is 4. The van der Waals surface area contributed by atoms with Crippen molar-refractivity contribution in [3.05, 3.63) is 58.6 Å². The molecule has 0 amide bonds. The van der Waals surface area contributed by atoms with E-state index in [-0.39, 0.29) is 5.69 Å². The molecule has 0 heterocycles. The van der Waals surface area contributed by atoms with Crippen LogP contribution in [0.25, 0.3) is 11.1 Å². The summed E-state index contributed by atoms with van der Waals surface area (Å²) in [4.78, 5) is 10.2. The Morgan fingerprint density at radius 3 is 1.94 bits per heavy atom. The fourth-order valence-corrected chi connectivity index (χ4v) is 1.76. The molecule has 0 radical (unpaired) electrons. The van der Waals surface area contributed by atoms with Crippen LogP contribution in [0.2, 0.25) is 0 Å². The van der Waals surface area contributed by atoms with Crippen LogP contribution in [0.3, 0.4) is 0 Å². The van der Waals surface area contributed by atoms with Gasteiger partial charge in [-0.15, -0.1) is 0 Å². The van der Waals surface area contributed by atoms with Gasteiger partial charge < -0.3 is 5.32 Å². The topological polar surface area (TPSA) is 55.2 Å². The van der Waals surface area contributed by atoms with E-state index < -0.39 is 4.92 Å². The quantitative estimate of drug-likeness (QED) is 0.657. The minimum absolute atomic E-state index is 0.114. The molecule has 4 nitrogen and oxygen atoms in total. The molecule has 0 aliphatic carbocycles. The Morgan fingerprint density at radius 1 is 1.00 bits per heavy atom. The standard InChI is InChI=1S/C14H14N2O2/c1-2-15-13-7-3-11(4-8-13)12-5-9-14(10-6-12)16(17)18/h3-10,15H,2H2,1H3. The Hall–Kier alpha value is -2.36. The predicted octanol–water partition coefficient (Wildman–Crippen LogP) is 3.69. The van der Waals surface area contributed by atoms with Crippen molar-refractivity contribution in [2.45, 2.75) is 6.92 Å². The van der Waals surface area contributed by atoms with E-state index in [9.17, 15) is 10.1 Å². The summed E-state index contributed by atoms with van der Waals surface area (Å²) in [5.74, 6) is 0. The molecular weight excluding hydrogens is 228 g/mol. The van der Waals surface area contributed by atoms with Crippen molar-refractivity contribution in [3.8, 4) is 11.1 Å². The van der Waals surface area contributed by atoms with Crippen LogP contribution in [-0.2, 0) is 0 Å². The third-order valence-corrected chi connectivity index (χ3v) is 2.68. The normalized spacial score (nSPS) is 10.1. The molecule has 2 aromatic carbocycles. The molecule has 0 aromatic heterocycles. The molecule has 0 aliphatic heterocycles. The first kappa shape index (κ1) is 12.1. The monoisotopic (exact) mass is 242 g/mol. The van der Waals surface area contributed by atoms with Gasteiger partial charge in [-0.25, -0.2) is 0 Å². The Bertz CT molecular complexity index is 533. The molecule has 4 heteroatoms. The van der Waals surface area contributed by atoms with Crippen molar-refractivity contribution >= 4 is 11.4 Å². The highest BCUT2D eigenvalue weighted by Crippen LogP contribution is 2.23. The lowest BCUT2D eigenvalue weighted by molar-refractivity contribution is -0.384. The zero-order chi connectivity index (χ0) is 13.0. The summed E-state index contributed by atoms with van der Waals surface area (Å²) in [6.07, 6.45) is 0. The average Bonchev–Trinajstić information content (AvgIpc) is 2.40. The second-order valence-electron chi connectivity index (χ2n) is 3.91. The van der Waals surface area contributed by atoms with Crippen molar-refractivity contribution in [2.24, 2.45) is 0 Å². The number of anilines is 1. The van der Waals surface area contributed by atoms with Crippen LogP contribution < -0.4 is 5.32 Å². The first-order chi connectivity index (χ1) is 8.70. The van der Waals surface area contributed by atoms with E-state index in [0.29, 0.717) is 0 Å². The lowest BCUT2D eigenvalue weighted by Crippen LogP contribution is -1.95. The highest BCUT2D eigenvalue weighted by atomic mass is 16.6. The van der Waals surface area contributed by atoms with Gasteiger partial charge in [0.05, 0.1) is 4.92 Å². The first-order valence-electron chi connectivity index (χ1n) is 5.79. The van der Waals surface area contributed by atoms with Gasteiger partial charge >= 0.3 is 0 Å². The van der Waals surface area contributed by atoms with E-state index >= 15 is 0 Å². The molecule has 2 aromatic rings. The SMILES string of the molecule is CCNc1ccc(-c2ccc([N+](=O)[O-])cc2)cc1. The van der Waals surface area contributed by atoms with Crippen molar-refractivity contribution in [1.29, 1.82) is 0 Å². The van der Waals surface area contributed by atoms with Gasteiger partial charge in [-0.1, -0.05) is 12.1 Å². The molecule has 92 valence electrons. The number of nitro groups is 1. The molecule has 1 N–H and O–H groups in total. The maximum atomic E-state index is 10.6. The molecule has 0 bridgehead atoms. The number of nitrogens with zero attached hydrogens (tertiary/aromatic N) is 1. The third-order valence-electron chi connectivity index (χ3n) is 2.68. The van der Waals surface area contributed by atoms with E-state index in [1.54, 1.807) is 12.1 Å². The van der Waals surface area contributed by atoms with Gasteiger partial charge in [-0.3, -0.25) is 10.1 Å². The first-order valence-corrected chi connectivity index (χ1v) is 5.79. The smallest absolute Gasteiger partial charge is 0.269 e. The van der Waals surface area contributed by atoms with Crippen molar-refractivity contribution < 1.29 is 4.92 Å².